The fourth-order valence-electron chi connectivity index (χ4n) is 2.05. The Morgan fingerprint density at radius 1 is 1.41 bits per heavy atom. The van der Waals surface area contributed by atoms with Gasteiger partial charge in [0.15, 0.2) is 0 Å². The highest BCUT2D eigenvalue weighted by atomic mass is 16.5. The van der Waals surface area contributed by atoms with E-state index in [4.69, 9.17) is 0 Å². The lowest BCUT2D eigenvalue weighted by Gasteiger charge is -2.22. The number of amides is 1. The molecule has 1 fully saturated rings. The quantitative estimate of drug-likeness (QED) is 0.687. The maximum Gasteiger partial charge on any atom is 0.328 e. The molecule has 0 aromatic carbocycles. The van der Waals surface area contributed by atoms with E-state index in [1.165, 1.54) is 7.11 Å². The Balaban J connectivity index is 2.18. The predicted octanol–water partition coefficient (Wildman–Crippen LogP) is 0.444. The van der Waals surface area contributed by atoms with Crippen LogP contribution in [0.25, 0.3) is 0 Å². The Morgan fingerprint density at radius 3 is 2.65 bits per heavy atom. The molecule has 17 heavy (non-hydrogen) atoms. The molecule has 0 spiro atoms. The molecule has 0 aromatic heterocycles. The minimum atomic E-state index is -0.555. The lowest BCUT2D eigenvalue weighted by molar-refractivity contribution is -0.144. The third kappa shape index (κ3) is 5.17. The van der Waals surface area contributed by atoms with Crippen molar-refractivity contribution >= 4 is 11.9 Å². The molecular weight excluding hydrogens is 220 g/mol. The Bertz CT molecular complexity index is 262. The molecule has 0 radical (unpaired) electrons. The maximum atomic E-state index is 11.6. The number of hydrogen-bond donors (Lipinski definition) is 2. The van der Waals surface area contributed by atoms with Gasteiger partial charge < -0.3 is 15.4 Å². The van der Waals surface area contributed by atoms with Crippen molar-refractivity contribution in [2.45, 2.75) is 38.6 Å². The summed E-state index contributed by atoms with van der Waals surface area (Å²) in [5.41, 5.74) is 0. The smallest absolute Gasteiger partial charge is 0.328 e. The van der Waals surface area contributed by atoms with Crippen LogP contribution in [0.4, 0.5) is 0 Å². The molecule has 1 heterocycles. The van der Waals surface area contributed by atoms with Crippen LogP contribution < -0.4 is 10.6 Å². The number of hydrogen-bond acceptors (Lipinski definition) is 4. The number of esters is 1. The van der Waals surface area contributed by atoms with Crippen LogP contribution in [0.5, 0.6) is 0 Å². The molecule has 1 atom stereocenters. The number of ether oxygens (including phenoxy) is 1. The van der Waals surface area contributed by atoms with E-state index in [9.17, 15) is 9.59 Å². The van der Waals surface area contributed by atoms with E-state index < -0.39 is 12.0 Å². The van der Waals surface area contributed by atoms with Crippen LogP contribution in [-0.4, -0.2) is 38.1 Å². The fraction of sp³-hybridized carbons (Fsp3) is 0.833. The van der Waals surface area contributed by atoms with Crippen molar-refractivity contribution in [1.29, 1.82) is 0 Å². The van der Waals surface area contributed by atoms with Crippen molar-refractivity contribution in [3.05, 3.63) is 0 Å². The van der Waals surface area contributed by atoms with Crippen LogP contribution in [0, 0.1) is 5.92 Å². The summed E-state index contributed by atoms with van der Waals surface area (Å²) in [5, 5.41) is 5.94. The molecular formula is C12H22N2O3. The Morgan fingerprint density at radius 2 is 2.06 bits per heavy atom. The van der Waals surface area contributed by atoms with Crippen molar-refractivity contribution < 1.29 is 14.3 Å². The Hall–Kier alpha value is -1.10. The average Bonchev–Trinajstić information content (AvgIpc) is 2.36. The third-order valence-corrected chi connectivity index (χ3v) is 3.17. The first-order chi connectivity index (χ1) is 8.13. The predicted molar refractivity (Wildman–Crippen MR) is 64.4 cm³/mol. The zero-order valence-corrected chi connectivity index (χ0v) is 10.6. The number of rotatable bonds is 5. The van der Waals surface area contributed by atoms with Gasteiger partial charge in [0.05, 0.1) is 7.11 Å². The van der Waals surface area contributed by atoms with Crippen LogP contribution in [0.1, 0.15) is 32.6 Å². The van der Waals surface area contributed by atoms with E-state index in [1.807, 2.05) is 0 Å². The van der Waals surface area contributed by atoms with Gasteiger partial charge in [-0.3, -0.25) is 4.79 Å². The highest BCUT2D eigenvalue weighted by Crippen LogP contribution is 2.17. The molecule has 0 bridgehead atoms. The maximum absolute atomic E-state index is 11.6. The second-order valence-corrected chi connectivity index (χ2v) is 4.54. The van der Waals surface area contributed by atoms with Crippen LogP contribution in [0.3, 0.4) is 0 Å². The third-order valence-electron chi connectivity index (χ3n) is 3.17. The van der Waals surface area contributed by atoms with Crippen molar-refractivity contribution in [2.75, 3.05) is 20.2 Å². The van der Waals surface area contributed by atoms with Gasteiger partial charge in [-0.25, -0.2) is 4.79 Å². The van der Waals surface area contributed by atoms with Crippen molar-refractivity contribution in [3.8, 4) is 0 Å². The van der Waals surface area contributed by atoms with Crippen molar-refractivity contribution in [3.63, 3.8) is 0 Å². The van der Waals surface area contributed by atoms with Gasteiger partial charge in [0.2, 0.25) is 5.91 Å². The van der Waals surface area contributed by atoms with E-state index in [2.05, 4.69) is 15.4 Å². The van der Waals surface area contributed by atoms with Gasteiger partial charge >= 0.3 is 5.97 Å². The lowest BCUT2D eigenvalue weighted by atomic mass is 9.93. The number of piperidine rings is 1. The summed E-state index contributed by atoms with van der Waals surface area (Å²) < 4.78 is 4.55. The van der Waals surface area contributed by atoms with Crippen molar-refractivity contribution in [1.82, 2.24) is 10.6 Å². The first-order valence-electron chi connectivity index (χ1n) is 6.21. The van der Waals surface area contributed by atoms with Crippen LogP contribution in [0.2, 0.25) is 0 Å². The molecule has 98 valence electrons. The minimum Gasteiger partial charge on any atom is -0.467 e. The summed E-state index contributed by atoms with van der Waals surface area (Å²) in [5.74, 6) is 0.164. The van der Waals surface area contributed by atoms with Crippen LogP contribution >= 0.6 is 0 Å². The van der Waals surface area contributed by atoms with Gasteiger partial charge in [-0.2, -0.15) is 0 Å². The first-order valence-corrected chi connectivity index (χ1v) is 6.21. The SMILES string of the molecule is COC(=O)[C@H](C)NC(=O)CCC1CCNCC1. The molecule has 1 saturated heterocycles. The fourth-order valence-corrected chi connectivity index (χ4v) is 2.05. The molecule has 2 N–H and O–H groups in total. The zero-order valence-electron chi connectivity index (χ0n) is 10.6. The molecule has 1 rings (SSSR count). The van der Waals surface area contributed by atoms with Gasteiger partial charge in [0, 0.05) is 6.42 Å². The Labute approximate surface area is 102 Å². The summed E-state index contributed by atoms with van der Waals surface area (Å²) in [6, 6.07) is -0.555. The zero-order chi connectivity index (χ0) is 12.7. The second kappa shape index (κ2) is 7.27. The molecule has 0 aliphatic carbocycles. The van der Waals surface area contributed by atoms with Gasteiger partial charge in [0.25, 0.3) is 0 Å². The molecule has 0 aromatic rings. The van der Waals surface area contributed by atoms with E-state index in [1.54, 1.807) is 6.92 Å². The highest BCUT2D eigenvalue weighted by Gasteiger charge is 2.18. The first kappa shape index (κ1) is 14.0. The van der Waals surface area contributed by atoms with Gasteiger partial charge in [-0.15, -0.1) is 0 Å². The van der Waals surface area contributed by atoms with E-state index in [-0.39, 0.29) is 5.91 Å². The normalized spacial score (nSPS) is 18.5. The Kier molecular flexibility index (Phi) is 5.97. The minimum absolute atomic E-state index is 0.0681. The topological polar surface area (TPSA) is 67.4 Å². The lowest BCUT2D eigenvalue weighted by Crippen LogP contribution is -2.39. The average molecular weight is 242 g/mol. The summed E-state index contributed by atoms with van der Waals surface area (Å²) in [6.07, 6.45) is 3.67. The molecule has 1 amide bonds. The van der Waals surface area contributed by atoms with E-state index in [0.717, 1.165) is 32.4 Å². The number of carbonyl (C=O) groups excluding carboxylic acids is 2. The monoisotopic (exact) mass is 242 g/mol. The molecule has 0 saturated carbocycles. The number of carbonyl (C=O) groups is 2. The van der Waals surface area contributed by atoms with Gasteiger partial charge in [0.1, 0.15) is 6.04 Å². The molecule has 1 aliphatic heterocycles. The van der Waals surface area contributed by atoms with Gasteiger partial charge in [-0.05, 0) is 45.2 Å². The van der Waals surface area contributed by atoms with Gasteiger partial charge in [-0.1, -0.05) is 0 Å². The van der Waals surface area contributed by atoms with Crippen LogP contribution in [-0.2, 0) is 14.3 Å². The summed E-state index contributed by atoms with van der Waals surface area (Å²) >= 11 is 0. The summed E-state index contributed by atoms with van der Waals surface area (Å²) in [4.78, 5) is 22.7. The standard InChI is InChI=1S/C12H22N2O3/c1-9(12(16)17-2)14-11(15)4-3-10-5-7-13-8-6-10/h9-10,13H,3-8H2,1-2H3,(H,14,15)/t9-/m0/s1. The second-order valence-electron chi connectivity index (χ2n) is 4.54. The largest absolute Gasteiger partial charge is 0.467 e. The molecule has 5 heteroatoms. The van der Waals surface area contributed by atoms with E-state index in [0.29, 0.717) is 12.3 Å². The van der Waals surface area contributed by atoms with Crippen LogP contribution in [0.15, 0.2) is 0 Å². The number of methoxy groups -OCH3 is 1. The summed E-state index contributed by atoms with van der Waals surface area (Å²) in [6.45, 7) is 3.73. The number of nitrogens with one attached hydrogen (secondary N) is 2. The highest BCUT2D eigenvalue weighted by molar-refractivity contribution is 5.83. The molecule has 1 aliphatic rings. The summed E-state index contributed by atoms with van der Waals surface area (Å²) in [7, 11) is 1.32. The molecule has 5 nitrogen and oxygen atoms in total. The van der Waals surface area contributed by atoms with Crippen molar-refractivity contribution in [2.24, 2.45) is 5.92 Å². The van der Waals surface area contributed by atoms with E-state index >= 15 is 0 Å². The molecule has 0 unspecified atom stereocenters.